The Balaban J connectivity index is 2.70. The van der Waals surface area contributed by atoms with E-state index in [0.29, 0.717) is 17.1 Å². The van der Waals surface area contributed by atoms with E-state index in [9.17, 15) is 4.79 Å². The van der Waals surface area contributed by atoms with Crippen LogP contribution in [0.5, 0.6) is 0 Å². The molecule has 2 N–H and O–H groups in total. The minimum absolute atomic E-state index is 0.219. The third-order valence-corrected chi connectivity index (χ3v) is 2.70. The molecule has 0 atom stereocenters. The van der Waals surface area contributed by atoms with Gasteiger partial charge in [0.05, 0.1) is 16.1 Å². The normalized spacial score (nSPS) is 10.8. The highest BCUT2D eigenvalue weighted by molar-refractivity contribution is 7.79. The lowest BCUT2D eigenvalue weighted by molar-refractivity contribution is 0.0958. The van der Waals surface area contributed by atoms with Gasteiger partial charge in [-0.15, -0.1) is 0 Å². The molecule has 0 aromatic heterocycles. The maximum atomic E-state index is 11.9. The van der Waals surface area contributed by atoms with E-state index >= 15 is 0 Å². The lowest BCUT2D eigenvalue weighted by Gasteiger charge is -2.07. The molecular weight excluding hydrogens is 280 g/mol. The van der Waals surface area contributed by atoms with Gasteiger partial charge in [-0.3, -0.25) is 4.79 Å². The second kappa shape index (κ2) is 8.45. The van der Waals surface area contributed by atoms with Gasteiger partial charge < -0.3 is 10.6 Å². The molecule has 0 bridgehead atoms. The molecule has 0 spiro atoms. The second-order valence-electron chi connectivity index (χ2n) is 3.62. The number of rotatable bonds is 6. The maximum absolute atomic E-state index is 11.9. The van der Waals surface area contributed by atoms with Crippen LogP contribution in [0.1, 0.15) is 17.3 Å². The Hall–Kier alpha value is -1.65. The van der Waals surface area contributed by atoms with Gasteiger partial charge in [-0.2, -0.15) is 0 Å². The minimum Gasteiger partial charge on any atom is -0.353 e. The Labute approximate surface area is 123 Å². The summed E-state index contributed by atoms with van der Waals surface area (Å²) in [5.41, 5.74) is 2.53. The molecule has 5 heteroatoms. The first-order valence-electron chi connectivity index (χ1n) is 5.74. The van der Waals surface area contributed by atoms with Crippen molar-refractivity contribution in [1.82, 2.24) is 5.32 Å². The molecule has 19 heavy (non-hydrogen) atoms. The van der Waals surface area contributed by atoms with Crippen molar-refractivity contribution in [2.24, 2.45) is 0 Å². The number of thiocarbonyl (C=S) groups is 1. The van der Waals surface area contributed by atoms with Crippen molar-refractivity contribution in [2.75, 3.05) is 11.9 Å². The first-order chi connectivity index (χ1) is 9.19. The molecule has 3 nitrogen and oxygen atoms in total. The van der Waals surface area contributed by atoms with Crippen LogP contribution in [-0.2, 0) is 0 Å². The zero-order valence-electron chi connectivity index (χ0n) is 10.5. The average Bonchev–Trinajstić information content (AvgIpc) is 2.41. The third-order valence-electron chi connectivity index (χ3n) is 2.26. The smallest absolute Gasteiger partial charge is 0.253 e. The third kappa shape index (κ3) is 5.24. The quantitative estimate of drug-likeness (QED) is 0.622. The molecule has 1 rings (SSSR count). The summed E-state index contributed by atoms with van der Waals surface area (Å²) in [5.74, 6) is -0.219. The molecule has 0 radical (unpaired) electrons. The number of halogens is 1. The molecule has 0 aliphatic rings. The number of amides is 1. The number of hydrogen-bond acceptors (Lipinski definition) is 2. The number of allylic oxidation sites excluding steroid dienone is 3. The van der Waals surface area contributed by atoms with Crippen molar-refractivity contribution in [2.45, 2.75) is 6.92 Å². The predicted octanol–water partition coefficient (Wildman–Crippen LogP) is 3.57. The zero-order valence-corrected chi connectivity index (χ0v) is 12.1. The van der Waals surface area contributed by atoms with Gasteiger partial charge in [0.2, 0.25) is 0 Å². The van der Waals surface area contributed by atoms with Gasteiger partial charge in [-0.1, -0.05) is 48.1 Å². The molecule has 0 fully saturated rings. The summed E-state index contributed by atoms with van der Waals surface area (Å²) in [6.45, 7) is 2.38. The van der Waals surface area contributed by atoms with Crippen LogP contribution in [0.25, 0.3) is 0 Å². The van der Waals surface area contributed by atoms with Crippen molar-refractivity contribution >= 4 is 40.9 Å². The number of carbonyl (C=O) groups is 1. The fourth-order valence-corrected chi connectivity index (χ4v) is 1.70. The van der Waals surface area contributed by atoms with Crippen LogP contribution >= 0.6 is 23.8 Å². The van der Waals surface area contributed by atoms with Gasteiger partial charge in [0.1, 0.15) is 0 Å². The van der Waals surface area contributed by atoms with E-state index < -0.39 is 0 Å². The molecule has 1 aromatic rings. The summed E-state index contributed by atoms with van der Waals surface area (Å²) in [5, 5.41) is 6.01. The molecule has 100 valence electrons. The molecule has 1 amide bonds. The van der Waals surface area contributed by atoms with Crippen molar-refractivity contribution < 1.29 is 4.79 Å². The monoisotopic (exact) mass is 294 g/mol. The first kappa shape index (κ1) is 15.4. The van der Waals surface area contributed by atoms with Gasteiger partial charge in [-0.05, 0) is 25.1 Å². The van der Waals surface area contributed by atoms with Gasteiger partial charge in [0, 0.05) is 12.2 Å². The Morgan fingerprint density at radius 2 is 2.21 bits per heavy atom. The van der Waals surface area contributed by atoms with Crippen molar-refractivity contribution in [3.05, 3.63) is 53.1 Å². The Morgan fingerprint density at radius 3 is 2.89 bits per heavy atom. The lowest BCUT2D eigenvalue weighted by atomic mass is 10.2. The average molecular weight is 295 g/mol. The molecule has 0 heterocycles. The van der Waals surface area contributed by atoms with Crippen LogP contribution in [0.15, 0.2) is 42.5 Å². The van der Waals surface area contributed by atoms with Crippen LogP contribution in [0.3, 0.4) is 0 Å². The largest absolute Gasteiger partial charge is 0.353 e. The summed E-state index contributed by atoms with van der Waals surface area (Å²) in [4.78, 5) is 11.9. The SMILES string of the molecule is C/C=C\C=C/CNC(=O)c1cc(NC=S)ccc1Cl. The fraction of sp³-hybridized carbons (Fsp3) is 0.143. The zero-order chi connectivity index (χ0) is 14.1. The van der Waals surface area contributed by atoms with E-state index in [2.05, 4.69) is 10.6 Å². The van der Waals surface area contributed by atoms with Crippen molar-refractivity contribution in [1.29, 1.82) is 0 Å². The van der Waals surface area contributed by atoms with Crippen LogP contribution in [0.4, 0.5) is 5.69 Å². The lowest BCUT2D eigenvalue weighted by Crippen LogP contribution is -2.23. The topological polar surface area (TPSA) is 41.1 Å². The summed E-state index contributed by atoms with van der Waals surface area (Å²) >= 11 is 10.7. The molecule has 0 saturated carbocycles. The highest BCUT2D eigenvalue weighted by Gasteiger charge is 2.09. The van der Waals surface area contributed by atoms with Crippen LogP contribution < -0.4 is 10.6 Å². The highest BCUT2D eigenvalue weighted by atomic mass is 35.5. The van der Waals surface area contributed by atoms with E-state index in [-0.39, 0.29) is 5.91 Å². The van der Waals surface area contributed by atoms with Crippen LogP contribution in [0, 0.1) is 0 Å². The maximum Gasteiger partial charge on any atom is 0.253 e. The van der Waals surface area contributed by atoms with Crippen LogP contribution in [0.2, 0.25) is 5.02 Å². The predicted molar refractivity (Wildman–Crippen MR) is 85.0 cm³/mol. The van der Waals surface area contributed by atoms with Gasteiger partial charge >= 0.3 is 0 Å². The summed E-state index contributed by atoms with van der Waals surface area (Å²) in [6, 6.07) is 5.08. The second-order valence-corrected chi connectivity index (χ2v) is 4.26. The standard InChI is InChI=1S/C14H15ClN2OS/c1-2-3-4-5-8-16-14(18)12-9-11(17-10-19)6-7-13(12)15/h2-7,9-10H,8H2,1H3,(H,16,18)(H,17,19)/b3-2-,5-4-. The number of benzene rings is 1. The summed E-state index contributed by atoms with van der Waals surface area (Å²) in [6.07, 6.45) is 7.52. The Kier molecular flexibility index (Phi) is 6.85. The van der Waals surface area contributed by atoms with Crippen molar-refractivity contribution in [3.8, 4) is 0 Å². The van der Waals surface area contributed by atoms with Crippen LogP contribution in [-0.4, -0.2) is 17.9 Å². The van der Waals surface area contributed by atoms with E-state index in [1.807, 2.05) is 31.2 Å². The van der Waals surface area contributed by atoms with Gasteiger partial charge in [0.25, 0.3) is 5.91 Å². The molecule has 0 aliphatic heterocycles. The van der Waals surface area contributed by atoms with Gasteiger partial charge in [0.15, 0.2) is 0 Å². The first-order valence-corrected chi connectivity index (χ1v) is 6.59. The highest BCUT2D eigenvalue weighted by Crippen LogP contribution is 2.20. The fourth-order valence-electron chi connectivity index (χ4n) is 1.36. The molecule has 0 unspecified atom stereocenters. The summed E-state index contributed by atoms with van der Waals surface area (Å²) in [7, 11) is 0. The van der Waals surface area contributed by atoms with E-state index in [4.69, 9.17) is 23.8 Å². The van der Waals surface area contributed by atoms with E-state index in [1.54, 1.807) is 18.2 Å². The minimum atomic E-state index is -0.219. The Morgan fingerprint density at radius 1 is 1.42 bits per heavy atom. The van der Waals surface area contributed by atoms with Crippen molar-refractivity contribution in [3.63, 3.8) is 0 Å². The number of carbonyl (C=O) groups excluding carboxylic acids is 1. The molecule has 0 aliphatic carbocycles. The number of anilines is 1. The molecule has 1 aromatic carbocycles. The number of nitrogens with one attached hydrogen (secondary N) is 2. The van der Waals surface area contributed by atoms with Gasteiger partial charge in [-0.25, -0.2) is 0 Å². The van der Waals surface area contributed by atoms with E-state index in [1.165, 1.54) is 5.49 Å². The number of hydrogen-bond donors (Lipinski definition) is 2. The molecular formula is C14H15ClN2OS. The Bertz CT molecular complexity index is 512. The molecule has 0 saturated heterocycles. The van der Waals surface area contributed by atoms with E-state index in [0.717, 1.165) is 5.69 Å². The summed E-state index contributed by atoms with van der Waals surface area (Å²) < 4.78 is 0.